The minimum Gasteiger partial charge on any atom is -0.508 e. The van der Waals surface area contributed by atoms with E-state index in [-0.39, 0.29) is 72.7 Å². The van der Waals surface area contributed by atoms with Gasteiger partial charge in [0.05, 0.1) is 32.0 Å². The molecule has 4 aromatic carbocycles. The number of aromatic hydroxyl groups is 1. The number of phenolic OH excluding ortho intramolecular Hbond substituents is 1. The van der Waals surface area contributed by atoms with E-state index < -0.39 is 23.3 Å². The summed E-state index contributed by atoms with van der Waals surface area (Å²) >= 11 is 25.8. The molecule has 0 saturated heterocycles. The monoisotopic (exact) mass is 867 g/mol. The van der Waals surface area contributed by atoms with Gasteiger partial charge in [-0.3, -0.25) is 4.79 Å². The fraction of sp³-hybridized carbons (Fsp3) is 0.386. The predicted octanol–water partition coefficient (Wildman–Crippen LogP) is 12.8. The van der Waals surface area contributed by atoms with Crippen LogP contribution in [0.4, 0.5) is 17.1 Å². The molecule has 0 spiro atoms. The van der Waals surface area contributed by atoms with Crippen molar-refractivity contribution in [3.05, 3.63) is 109 Å². The van der Waals surface area contributed by atoms with Gasteiger partial charge in [-0.25, -0.2) is 4.79 Å². The number of hydrazone groups is 1. The highest BCUT2D eigenvalue weighted by molar-refractivity contribution is 6.43. The van der Waals surface area contributed by atoms with Crippen molar-refractivity contribution < 1.29 is 24.2 Å². The largest absolute Gasteiger partial charge is 0.508 e. The lowest BCUT2D eigenvalue weighted by Gasteiger charge is -2.30. The molecule has 58 heavy (non-hydrogen) atoms. The van der Waals surface area contributed by atoms with Crippen LogP contribution in [0.15, 0.2) is 82.1 Å². The first-order valence-electron chi connectivity index (χ1n) is 19.0. The molecule has 308 valence electrons. The maximum atomic E-state index is 14.0. The van der Waals surface area contributed by atoms with Crippen LogP contribution in [-0.2, 0) is 25.8 Å². The van der Waals surface area contributed by atoms with Gasteiger partial charge in [-0.05, 0) is 89.2 Å². The number of amidine groups is 1. The lowest BCUT2D eigenvalue weighted by molar-refractivity contribution is -0.117. The third-order valence-corrected chi connectivity index (χ3v) is 11.6. The average molecular weight is 870 g/mol. The van der Waals surface area contributed by atoms with Gasteiger partial charge in [0.2, 0.25) is 6.04 Å². The van der Waals surface area contributed by atoms with Gasteiger partial charge in [-0.1, -0.05) is 121 Å². The normalized spacial score (nSPS) is 14.9. The summed E-state index contributed by atoms with van der Waals surface area (Å²) in [7, 11) is 0. The number of benzene rings is 4. The summed E-state index contributed by atoms with van der Waals surface area (Å²) in [5.41, 5.74) is 3.42. The second-order valence-corrected chi connectivity index (χ2v) is 18.1. The number of nitrogens with one attached hydrogen (secondary N) is 1. The Morgan fingerprint density at radius 3 is 2.14 bits per heavy atom. The molecule has 5 rings (SSSR count). The van der Waals surface area contributed by atoms with Crippen molar-refractivity contribution in [3.8, 4) is 11.5 Å². The van der Waals surface area contributed by atoms with E-state index in [1.807, 2.05) is 26.8 Å². The second-order valence-electron chi connectivity index (χ2n) is 16.4. The van der Waals surface area contributed by atoms with E-state index in [4.69, 9.17) is 55.9 Å². The number of nitrogens with zero attached hydrogens (tertiary/aromatic N) is 4. The van der Waals surface area contributed by atoms with Crippen LogP contribution in [0.5, 0.6) is 11.5 Å². The lowest BCUT2D eigenvalue weighted by Crippen LogP contribution is -2.33. The Morgan fingerprint density at radius 1 is 0.828 bits per heavy atom. The molecule has 2 N–H and O–H groups in total. The van der Waals surface area contributed by atoms with Crippen LogP contribution in [-0.4, -0.2) is 42.1 Å². The first kappa shape index (κ1) is 44.7. The van der Waals surface area contributed by atoms with E-state index in [0.717, 1.165) is 29.2 Å². The summed E-state index contributed by atoms with van der Waals surface area (Å²) in [6, 6.07) is 17.2. The molecule has 4 aromatic rings. The van der Waals surface area contributed by atoms with E-state index in [2.05, 4.69) is 74.3 Å². The smallest absolute Gasteiger partial charge is 0.338 e. The Bertz CT molecular complexity index is 2240. The Morgan fingerprint density at radius 2 is 1.50 bits per heavy atom. The first-order chi connectivity index (χ1) is 27.2. The fourth-order valence-corrected chi connectivity index (χ4v) is 7.25. The van der Waals surface area contributed by atoms with Gasteiger partial charge in [-0.15, -0.1) is 5.10 Å². The van der Waals surface area contributed by atoms with Crippen LogP contribution in [0, 0.1) is 0 Å². The Kier molecular flexibility index (Phi) is 13.8. The van der Waals surface area contributed by atoms with Crippen LogP contribution in [0.1, 0.15) is 102 Å². The lowest BCUT2D eigenvalue weighted by atomic mass is 9.76. The molecule has 14 heteroatoms. The number of phenols is 1. The number of hydrogen-bond donors (Lipinski definition) is 2. The van der Waals surface area contributed by atoms with E-state index >= 15 is 0 Å². The summed E-state index contributed by atoms with van der Waals surface area (Å²) in [4.78, 5) is 27.3. The predicted molar refractivity (Wildman–Crippen MR) is 235 cm³/mol. The van der Waals surface area contributed by atoms with Gasteiger partial charge >= 0.3 is 5.97 Å². The minimum atomic E-state index is -1.32. The Balaban J connectivity index is 1.37. The van der Waals surface area contributed by atoms with Crippen LogP contribution >= 0.6 is 46.4 Å². The number of ether oxygens (including phenoxy) is 2. The first-order valence-corrected chi connectivity index (χ1v) is 20.5. The molecule has 0 saturated carbocycles. The number of halogens is 4. The van der Waals surface area contributed by atoms with E-state index in [1.165, 1.54) is 42.0 Å². The molecule has 10 nitrogen and oxygen atoms in total. The number of esters is 1. The number of amides is 1. The summed E-state index contributed by atoms with van der Waals surface area (Å²) in [6.45, 7) is 19.2. The van der Waals surface area contributed by atoms with Gasteiger partial charge in [0, 0.05) is 16.1 Å². The molecule has 1 aliphatic rings. The van der Waals surface area contributed by atoms with Crippen LogP contribution < -0.4 is 15.1 Å². The molecule has 1 amide bonds. The number of rotatable bonds is 13. The van der Waals surface area contributed by atoms with Gasteiger partial charge in [-0.2, -0.15) is 15.2 Å². The van der Waals surface area contributed by atoms with Crippen LogP contribution in [0.2, 0.25) is 20.1 Å². The minimum absolute atomic E-state index is 0.00610. The average Bonchev–Trinajstić information content (AvgIpc) is 3.45. The molecule has 1 aliphatic heterocycles. The van der Waals surface area contributed by atoms with E-state index in [9.17, 15) is 14.7 Å². The number of carbonyl (C=O) groups is 2. The molecular weight excluding hydrogens is 820 g/mol. The van der Waals surface area contributed by atoms with Crippen molar-refractivity contribution in [2.24, 2.45) is 15.3 Å². The number of azo groups is 1. The summed E-state index contributed by atoms with van der Waals surface area (Å²) in [6.07, 6.45) is 1.92. The number of anilines is 2. The van der Waals surface area contributed by atoms with Gasteiger partial charge in [0.25, 0.3) is 5.91 Å². The van der Waals surface area contributed by atoms with Gasteiger partial charge in [0.1, 0.15) is 30.4 Å². The topological polar surface area (TPSA) is 125 Å². The molecule has 0 aromatic heterocycles. The van der Waals surface area contributed by atoms with E-state index in [1.54, 1.807) is 12.1 Å². The van der Waals surface area contributed by atoms with E-state index in [0.29, 0.717) is 11.3 Å². The molecular formula is C44H49Cl4N5O5. The second kappa shape index (κ2) is 17.9. The van der Waals surface area contributed by atoms with Crippen molar-refractivity contribution >= 4 is 81.2 Å². The highest BCUT2D eigenvalue weighted by Gasteiger charge is 2.40. The summed E-state index contributed by atoms with van der Waals surface area (Å²) in [5.74, 6) is -0.358. The third-order valence-electron chi connectivity index (χ3n) is 10.5. The quantitative estimate of drug-likeness (QED) is 0.0783. The molecule has 0 aliphatic carbocycles. The number of hydrogen-bond acceptors (Lipinski definition) is 9. The molecule has 0 bridgehead atoms. The van der Waals surface area contributed by atoms with Gasteiger partial charge in [0.15, 0.2) is 5.84 Å². The zero-order valence-corrected chi connectivity index (χ0v) is 37.2. The highest BCUT2D eigenvalue weighted by atomic mass is 35.5. The number of carbonyl (C=O) groups excluding carboxylic acids is 2. The van der Waals surface area contributed by atoms with Crippen molar-refractivity contribution in [2.45, 2.75) is 97.4 Å². The van der Waals surface area contributed by atoms with Gasteiger partial charge < -0.3 is 19.9 Å². The van der Waals surface area contributed by atoms with Crippen molar-refractivity contribution in [1.82, 2.24) is 0 Å². The zero-order chi connectivity index (χ0) is 42.7. The van der Waals surface area contributed by atoms with Crippen LogP contribution in [0.25, 0.3) is 0 Å². The van der Waals surface area contributed by atoms with Crippen molar-refractivity contribution in [2.75, 3.05) is 23.5 Å². The maximum Gasteiger partial charge on any atom is 0.338 e. The Hall–Kier alpha value is -4.35. The Labute approximate surface area is 360 Å². The zero-order valence-electron chi connectivity index (χ0n) is 34.1. The fourth-order valence-electron chi connectivity index (χ4n) is 6.11. The SMILES string of the molecule is CCC(C)(C)c1ccc(OCCOC(=O)c2ccc(Cl)c(NC3=NN(c4c(Cl)cc(Cl)cc4Cl)C(=O)C3/N=N/c3ccc(O)c(C(C)(C)C)c3)c2)c(C(C)(C)CC)c1. The maximum absolute atomic E-state index is 14.0. The standard InChI is InChI=1S/C44H49Cl4N5O5/c1-10-43(6,7)26-13-17-36(30(21-26)44(8,9)11-2)57-18-19-58-41(56)25-12-15-31(46)34(20-25)49-39-37(51-50-28-14-16-35(54)29(24-28)42(3,4)5)40(55)53(52-39)38-32(47)22-27(45)23-33(38)48/h12-17,20-24,37,54H,10-11,18-19H2,1-9H3,(H,49,52)/b51-50+. The van der Waals surface area contributed by atoms with Crippen molar-refractivity contribution in [1.29, 1.82) is 0 Å². The van der Waals surface area contributed by atoms with Crippen LogP contribution in [0.3, 0.4) is 0 Å². The molecule has 1 heterocycles. The third kappa shape index (κ3) is 10.1. The summed E-state index contributed by atoms with van der Waals surface area (Å²) < 4.78 is 11.8. The molecule has 1 unspecified atom stereocenters. The molecule has 0 fully saturated rings. The summed E-state index contributed by atoms with van der Waals surface area (Å²) in [5, 5.41) is 28.4. The molecule has 0 radical (unpaired) electrons. The molecule has 1 atom stereocenters. The van der Waals surface area contributed by atoms with Crippen molar-refractivity contribution in [3.63, 3.8) is 0 Å². The highest BCUT2D eigenvalue weighted by Crippen LogP contribution is 2.41.